The number of fused-ring (bicyclic) bond motifs is 1. The molecule has 94 valence electrons. The molecule has 0 saturated heterocycles. The van der Waals surface area contributed by atoms with Crippen LogP contribution in [0.2, 0.25) is 0 Å². The van der Waals surface area contributed by atoms with Crippen molar-refractivity contribution in [2.45, 2.75) is 25.2 Å². The van der Waals surface area contributed by atoms with E-state index in [1.807, 2.05) is 0 Å². The summed E-state index contributed by atoms with van der Waals surface area (Å²) in [6.07, 6.45) is 4.04. The van der Waals surface area contributed by atoms with Gasteiger partial charge in [-0.2, -0.15) is 0 Å². The Kier molecular flexibility index (Phi) is 2.44. The SMILES string of the molecule is c1ccc(-c2[nH]c3ccccc3c2C2CCC2)cc1. The van der Waals surface area contributed by atoms with Crippen LogP contribution in [-0.4, -0.2) is 4.98 Å². The van der Waals surface area contributed by atoms with Crippen LogP contribution >= 0.6 is 0 Å². The summed E-state index contributed by atoms with van der Waals surface area (Å²) in [5.74, 6) is 0.742. The van der Waals surface area contributed by atoms with Crippen molar-refractivity contribution in [1.82, 2.24) is 4.98 Å². The van der Waals surface area contributed by atoms with E-state index in [-0.39, 0.29) is 0 Å². The Morgan fingerprint density at radius 3 is 2.32 bits per heavy atom. The lowest BCUT2D eigenvalue weighted by atomic mass is 9.78. The standard InChI is InChI=1S/C18H17N/c1-2-7-14(8-3-1)18-17(13-9-6-10-13)15-11-4-5-12-16(15)19-18/h1-5,7-8,11-13,19H,6,9-10H2. The second-order valence-corrected chi connectivity index (χ2v) is 5.45. The van der Waals surface area contributed by atoms with Gasteiger partial charge in [0.05, 0.1) is 0 Å². The lowest BCUT2D eigenvalue weighted by Gasteiger charge is -2.26. The van der Waals surface area contributed by atoms with Crippen molar-refractivity contribution in [1.29, 1.82) is 0 Å². The molecule has 0 unspecified atom stereocenters. The van der Waals surface area contributed by atoms with Crippen molar-refractivity contribution in [3.63, 3.8) is 0 Å². The second kappa shape index (κ2) is 4.27. The van der Waals surface area contributed by atoms with Gasteiger partial charge in [-0.05, 0) is 36.0 Å². The van der Waals surface area contributed by atoms with Gasteiger partial charge >= 0.3 is 0 Å². The van der Waals surface area contributed by atoms with Gasteiger partial charge in [-0.1, -0.05) is 55.0 Å². The highest BCUT2D eigenvalue weighted by Gasteiger charge is 2.26. The molecule has 0 radical (unpaired) electrons. The Morgan fingerprint density at radius 1 is 0.842 bits per heavy atom. The van der Waals surface area contributed by atoms with E-state index >= 15 is 0 Å². The molecule has 3 aromatic rings. The molecule has 4 rings (SSSR count). The molecule has 0 atom stereocenters. The summed E-state index contributed by atoms with van der Waals surface area (Å²) in [7, 11) is 0. The number of para-hydroxylation sites is 1. The van der Waals surface area contributed by atoms with Crippen LogP contribution in [0.4, 0.5) is 0 Å². The van der Waals surface area contributed by atoms with E-state index in [0.29, 0.717) is 0 Å². The molecule has 0 bridgehead atoms. The highest BCUT2D eigenvalue weighted by molar-refractivity contribution is 5.91. The van der Waals surface area contributed by atoms with Crippen molar-refractivity contribution in [2.24, 2.45) is 0 Å². The maximum atomic E-state index is 3.63. The molecule has 1 fully saturated rings. The summed E-state index contributed by atoms with van der Waals surface area (Å²) >= 11 is 0. The van der Waals surface area contributed by atoms with E-state index in [4.69, 9.17) is 0 Å². The van der Waals surface area contributed by atoms with Crippen LogP contribution in [0.5, 0.6) is 0 Å². The molecule has 1 aromatic heterocycles. The zero-order valence-corrected chi connectivity index (χ0v) is 10.9. The third-order valence-electron chi connectivity index (χ3n) is 4.32. The number of rotatable bonds is 2. The minimum absolute atomic E-state index is 0.742. The third kappa shape index (κ3) is 1.69. The van der Waals surface area contributed by atoms with Crippen LogP contribution in [0, 0.1) is 0 Å². The molecule has 1 heterocycles. The highest BCUT2D eigenvalue weighted by atomic mass is 14.7. The zero-order valence-electron chi connectivity index (χ0n) is 10.9. The van der Waals surface area contributed by atoms with E-state index in [1.165, 1.54) is 47.0 Å². The summed E-state index contributed by atoms with van der Waals surface area (Å²) in [5.41, 5.74) is 5.43. The molecule has 1 aliphatic carbocycles. The average molecular weight is 247 g/mol. The van der Waals surface area contributed by atoms with Gasteiger partial charge in [-0.3, -0.25) is 0 Å². The molecule has 0 spiro atoms. The van der Waals surface area contributed by atoms with Gasteiger partial charge < -0.3 is 4.98 Å². The maximum Gasteiger partial charge on any atom is 0.0500 e. The van der Waals surface area contributed by atoms with Crippen molar-refractivity contribution in [3.05, 3.63) is 60.2 Å². The molecule has 2 aromatic carbocycles. The first-order valence-electron chi connectivity index (χ1n) is 7.09. The lowest BCUT2D eigenvalue weighted by molar-refractivity contribution is 0.423. The number of aromatic amines is 1. The van der Waals surface area contributed by atoms with Crippen molar-refractivity contribution in [2.75, 3.05) is 0 Å². The summed E-state index contributed by atoms with van der Waals surface area (Å²) in [6, 6.07) is 19.4. The van der Waals surface area contributed by atoms with E-state index in [0.717, 1.165) is 5.92 Å². The number of hydrogen-bond acceptors (Lipinski definition) is 0. The quantitative estimate of drug-likeness (QED) is 0.648. The average Bonchev–Trinajstić information content (AvgIpc) is 2.78. The van der Waals surface area contributed by atoms with Crippen LogP contribution in [0.15, 0.2) is 54.6 Å². The Morgan fingerprint density at radius 2 is 1.58 bits per heavy atom. The molecule has 1 aliphatic rings. The van der Waals surface area contributed by atoms with Gasteiger partial charge in [-0.15, -0.1) is 0 Å². The fraction of sp³-hybridized carbons (Fsp3) is 0.222. The topological polar surface area (TPSA) is 15.8 Å². The summed E-state index contributed by atoms with van der Waals surface area (Å²) in [6.45, 7) is 0. The minimum atomic E-state index is 0.742. The molecule has 1 heteroatoms. The number of benzene rings is 2. The molecule has 0 aliphatic heterocycles. The predicted molar refractivity (Wildman–Crippen MR) is 80.3 cm³/mol. The van der Waals surface area contributed by atoms with Crippen LogP contribution < -0.4 is 0 Å². The van der Waals surface area contributed by atoms with Crippen LogP contribution in [-0.2, 0) is 0 Å². The maximum absolute atomic E-state index is 3.63. The van der Waals surface area contributed by atoms with Crippen molar-refractivity contribution >= 4 is 10.9 Å². The van der Waals surface area contributed by atoms with E-state index < -0.39 is 0 Å². The smallest absolute Gasteiger partial charge is 0.0500 e. The van der Waals surface area contributed by atoms with Gasteiger partial charge in [-0.25, -0.2) is 0 Å². The largest absolute Gasteiger partial charge is 0.354 e. The number of H-pyrrole nitrogens is 1. The molecule has 1 nitrogen and oxygen atoms in total. The van der Waals surface area contributed by atoms with Crippen molar-refractivity contribution < 1.29 is 0 Å². The van der Waals surface area contributed by atoms with Crippen molar-refractivity contribution in [3.8, 4) is 11.3 Å². The predicted octanol–water partition coefficient (Wildman–Crippen LogP) is 5.10. The van der Waals surface area contributed by atoms with E-state index in [2.05, 4.69) is 59.6 Å². The lowest BCUT2D eigenvalue weighted by Crippen LogP contribution is -2.09. The Balaban J connectivity index is 1.98. The Hall–Kier alpha value is -2.02. The summed E-state index contributed by atoms with van der Waals surface area (Å²) < 4.78 is 0. The second-order valence-electron chi connectivity index (χ2n) is 5.45. The zero-order chi connectivity index (χ0) is 12.7. The molecule has 0 amide bonds. The van der Waals surface area contributed by atoms with Gasteiger partial charge in [0.2, 0.25) is 0 Å². The number of nitrogens with one attached hydrogen (secondary N) is 1. The number of hydrogen-bond donors (Lipinski definition) is 1. The minimum Gasteiger partial charge on any atom is -0.354 e. The Labute approximate surface area is 113 Å². The summed E-state index contributed by atoms with van der Waals surface area (Å²) in [5, 5.41) is 1.41. The molecule has 1 N–H and O–H groups in total. The fourth-order valence-corrected chi connectivity index (χ4v) is 3.12. The first-order chi connectivity index (χ1) is 9.43. The molecular formula is C18H17N. The first-order valence-corrected chi connectivity index (χ1v) is 7.09. The number of aromatic nitrogens is 1. The third-order valence-corrected chi connectivity index (χ3v) is 4.32. The van der Waals surface area contributed by atoms with Crippen LogP contribution in [0.25, 0.3) is 22.2 Å². The van der Waals surface area contributed by atoms with Gasteiger partial charge in [0, 0.05) is 16.6 Å². The van der Waals surface area contributed by atoms with Gasteiger partial charge in [0.1, 0.15) is 0 Å². The van der Waals surface area contributed by atoms with Gasteiger partial charge in [0.15, 0.2) is 0 Å². The van der Waals surface area contributed by atoms with Crippen LogP contribution in [0.3, 0.4) is 0 Å². The first kappa shape index (κ1) is 10.9. The van der Waals surface area contributed by atoms with E-state index in [1.54, 1.807) is 0 Å². The van der Waals surface area contributed by atoms with E-state index in [9.17, 15) is 0 Å². The Bertz CT molecular complexity index is 705. The monoisotopic (exact) mass is 247 g/mol. The highest BCUT2D eigenvalue weighted by Crippen LogP contribution is 2.44. The normalized spacial score (nSPS) is 15.6. The van der Waals surface area contributed by atoms with Gasteiger partial charge in [0.25, 0.3) is 0 Å². The fourth-order valence-electron chi connectivity index (χ4n) is 3.12. The molecule has 19 heavy (non-hydrogen) atoms. The summed E-state index contributed by atoms with van der Waals surface area (Å²) in [4.78, 5) is 3.63. The van der Waals surface area contributed by atoms with Crippen LogP contribution in [0.1, 0.15) is 30.7 Å². The molecular weight excluding hydrogens is 230 g/mol. The molecule has 1 saturated carbocycles.